The summed E-state index contributed by atoms with van der Waals surface area (Å²) in [6, 6.07) is 7.13. The second kappa shape index (κ2) is 8.38. The molecule has 3 aliphatic rings. The summed E-state index contributed by atoms with van der Waals surface area (Å²) in [6.45, 7) is 7.74. The van der Waals surface area contributed by atoms with Crippen LogP contribution in [0.2, 0.25) is 0 Å². The smallest absolute Gasteiger partial charge is 0.339 e. The fourth-order valence-corrected chi connectivity index (χ4v) is 4.83. The van der Waals surface area contributed by atoms with Crippen LogP contribution in [-0.4, -0.2) is 83.4 Å². The second-order valence-corrected chi connectivity index (χ2v) is 8.84. The number of hydrogen-bond donors (Lipinski definition) is 0. The van der Waals surface area contributed by atoms with Crippen LogP contribution in [0.4, 0.5) is 0 Å². The first kappa shape index (κ1) is 20.8. The number of ether oxygens (including phenoxy) is 1. The van der Waals surface area contributed by atoms with Crippen LogP contribution in [0.15, 0.2) is 24.3 Å². The van der Waals surface area contributed by atoms with Crippen molar-refractivity contribution in [2.75, 3.05) is 39.3 Å². The maximum Gasteiger partial charge on any atom is 0.339 e. The predicted octanol–water partition coefficient (Wildman–Crippen LogP) is 1.70. The molecular weight excluding hydrogens is 382 g/mol. The minimum Gasteiger partial charge on any atom is -0.445 e. The molecule has 30 heavy (non-hydrogen) atoms. The van der Waals surface area contributed by atoms with Crippen LogP contribution in [-0.2, 0) is 20.7 Å². The van der Waals surface area contributed by atoms with Crippen molar-refractivity contribution in [2.24, 2.45) is 0 Å². The second-order valence-electron chi connectivity index (χ2n) is 8.84. The Morgan fingerprint density at radius 3 is 2.33 bits per heavy atom. The third kappa shape index (κ3) is 3.95. The van der Waals surface area contributed by atoms with Gasteiger partial charge in [-0.05, 0) is 44.7 Å². The van der Waals surface area contributed by atoms with Crippen LogP contribution >= 0.6 is 0 Å². The molecule has 0 aromatic heterocycles. The van der Waals surface area contributed by atoms with Gasteiger partial charge in [-0.2, -0.15) is 0 Å². The Morgan fingerprint density at radius 2 is 1.63 bits per heavy atom. The van der Waals surface area contributed by atoms with Gasteiger partial charge >= 0.3 is 5.97 Å². The fraction of sp³-hybridized carbons (Fsp3) is 0.609. The lowest BCUT2D eigenvalue weighted by atomic mass is 9.88. The van der Waals surface area contributed by atoms with Gasteiger partial charge < -0.3 is 14.5 Å². The van der Waals surface area contributed by atoms with Gasteiger partial charge in [-0.3, -0.25) is 14.5 Å². The molecule has 3 aliphatic heterocycles. The molecule has 0 N–H and O–H groups in total. The lowest BCUT2D eigenvalue weighted by Crippen LogP contribution is -2.60. The number of carbonyl (C=O) groups excluding carboxylic acids is 3. The topological polar surface area (TPSA) is 70.2 Å². The first-order chi connectivity index (χ1) is 14.4. The van der Waals surface area contributed by atoms with E-state index >= 15 is 0 Å². The van der Waals surface area contributed by atoms with Gasteiger partial charge in [0.05, 0.1) is 11.6 Å². The normalized spacial score (nSPS) is 26.0. The van der Waals surface area contributed by atoms with E-state index in [2.05, 4.69) is 4.90 Å². The summed E-state index contributed by atoms with van der Waals surface area (Å²) in [7, 11) is 0. The number of fused-ring (bicyclic) bond motifs is 1. The molecule has 0 saturated carbocycles. The van der Waals surface area contributed by atoms with Crippen molar-refractivity contribution in [1.82, 2.24) is 14.7 Å². The number of benzene rings is 1. The van der Waals surface area contributed by atoms with Gasteiger partial charge in [-0.1, -0.05) is 18.2 Å². The van der Waals surface area contributed by atoms with Crippen LogP contribution in [0.25, 0.3) is 0 Å². The molecule has 1 aromatic rings. The quantitative estimate of drug-likeness (QED) is 0.706. The van der Waals surface area contributed by atoms with Crippen molar-refractivity contribution in [3.63, 3.8) is 0 Å². The van der Waals surface area contributed by atoms with Crippen molar-refractivity contribution in [3.8, 4) is 0 Å². The zero-order chi connectivity index (χ0) is 21.3. The van der Waals surface area contributed by atoms with Crippen molar-refractivity contribution in [3.05, 3.63) is 35.4 Å². The van der Waals surface area contributed by atoms with Crippen LogP contribution in [0.1, 0.15) is 49.0 Å². The fourth-order valence-electron chi connectivity index (χ4n) is 4.83. The molecule has 0 spiro atoms. The minimum absolute atomic E-state index is 0.153. The summed E-state index contributed by atoms with van der Waals surface area (Å²) in [5.74, 6) is -0.397. The van der Waals surface area contributed by atoms with Gasteiger partial charge in [0.2, 0.25) is 5.91 Å². The number of likely N-dealkylation sites (tertiary alicyclic amines) is 1. The van der Waals surface area contributed by atoms with E-state index in [9.17, 15) is 14.4 Å². The van der Waals surface area contributed by atoms with Gasteiger partial charge in [0, 0.05) is 45.7 Å². The Morgan fingerprint density at radius 1 is 0.967 bits per heavy atom. The molecule has 0 bridgehead atoms. The van der Waals surface area contributed by atoms with Gasteiger partial charge in [0.1, 0.15) is 0 Å². The van der Waals surface area contributed by atoms with E-state index in [1.54, 1.807) is 24.0 Å². The van der Waals surface area contributed by atoms with Crippen LogP contribution in [0, 0.1) is 0 Å². The molecule has 4 rings (SSSR count). The highest BCUT2D eigenvalue weighted by Crippen LogP contribution is 2.30. The zero-order valence-electron chi connectivity index (χ0n) is 17.9. The van der Waals surface area contributed by atoms with E-state index in [0.29, 0.717) is 38.2 Å². The molecule has 0 aliphatic carbocycles. The Balaban J connectivity index is 1.36. The molecule has 2 amide bonds. The number of carbonyl (C=O) groups is 3. The van der Waals surface area contributed by atoms with Gasteiger partial charge in [-0.15, -0.1) is 0 Å². The molecule has 2 unspecified atom stereocenters. The third-order valence-corrected chi connectivity index (χ3v) is 6.71. The average molecular weight is 414 g/mol. The van der Waals surface area contributed by atoms with Crippen LogP contribution in [0.3, 0.4) is 0 Å². The Bertz CT molecular complexity index is 827. The van der Waals surface area contributed by atoms with Crippen molar-refractivity contribution < 1.29 is 19.1 Å². The van der Waals surface area contributed by atoms with Crippen molar-refractivity contribution >= 4 is 17.8 Å². The molecular formula is C23H31N3O4. The van der Waals surface area contributed by atoms with E-state index in [1.807, 2.05) is 24.0 Å². The molecule has 7 heteroatoms. The number of rotatable bonds is 3. The third-order valence-electron chi connectivity index (χ3n) is 6.71. The largest absolute Gasteiger partial charge is 0.445 e. The number of esters is 1. The van der Waals surface area contributed by atoms with Crippen molar-refractivity contribution in [2.45, 2.75) is 51.2 Å². The van der Waals surface area contributed by atoms with E-state index < -0.39 is 11.6 Å². The highest BCUT2D eigenvalue weighted by molar-refractivity contribution is 5.97. The van der Waals surface area contributed by atoms with E-state index in [0.717, 1.165) is 31.5 Å². The number of piperazine rings is 1. The number of nitrogens with zero attached hydrogens (tertiary/aromatic N) is 3. The van der Waals surface area contributed by atoms with Crippen LogP contribution < -0.4 is 0 Å². The van der Waals surface area contributed by atoms with Crippen molar-refractivity contribution in [1.29, 1.82) is 0 Å². The summed E-state index contributed by atoms with van der Waals surface area (Å²) in [5.41, 5.74) is 0.213. The van der Waals surface area contributed by atoms with E-state index in [4.69, 9.17) is 4.74 Å². The summed E-state index contributed by atoms with van der Waals surface area (Å²) in [6.07, 6.45) is 3.76. The number of piperidine rings is 1. The molecule has 1 aromatic carbocycles. The van der Waals surface area contributed by atoms with Gasteiger partial charge in [0.15, 0.2) is 5.60 Å². The lowest BCUT2D eigenvalue weighted by molar-refractivity contribution is -0.153. The Kier molecular flexibility index (Phi) is 5.82. The molecule has 2 atom stereocenters. The number of hydrogen-bond acceptors (Lipinski definition) is 5. The molecule has 162 valence electrons. The van der Waals surface area contributed by atoms with Gasteiger partial charge in [-0.25, -0.2) is 4.79 Å². The SMILES string of the molecule is CC(C(=O)N1CCCCC1)N1CCN(C(=O)C2(C)Cc3ccccc3C(=O)O2)CC1. The molecule has 3 heterocycles. The zero-order valence-corrected chi connectivity index (χ0v) is 17.9. The predicted molar refractivity (Wildman–Crippen MR) is 112 cm³/mol. The highest BCUT2D eigenvalue weighted by Gasteiger charge is 2.45. The maximum absolute atomic E-state index is 13.2. The maximum atomic E-state index is 13.2. The summed E-state index contributed by atoms with van der Waals surface area (Å²) >= 11 is 0. The molecule has 2 fully saturated rings. The molecule has 2 saturated heterocycles. The molecule has 0 radical (unpaired) electrons. The Labute approximate surface area is 177 Å². The summed E-state index contributed by atoms with van der Waals surface area (Å²) < 4.78 is 5.60. The van der Waals surface area contributed by atoms with E-state index in [-0.39, 0.29) is 17.9 Å². The first-order valence-corrected chi connectivity index (χ1v) is 11.0. The number of cyclic esters (lactones) is 1. The average Bonchev–Trinajstić information content (AvgIpc) is 2.78. The monoisotopic (exact) mass is 413 g/mol. The standard InChI is InChI=1S/C23H31N3O4/c1-17(20(27)25-10-6-3-7-11-25)24-12-14-26(15-13-24)22(29)23(2)16-18-8-4-5-9-19(18)21(28)30-23/h4-5,8-9,17H,3,6-7,10-16H2,1-2H3. The summed E-state index contributed by atoms with van der Waals surface area (Å²) in [5, 5.41) is 0. The Hall–Kier alpha value is -2.41. The highest BCUT2D eigenvalue weighted by atomic mass is 16.6. The van der Waals surface area contributed by atoms with Gasteiger partial charge in [0.25, 0.3) is 5.91 Å². The number of amides is 2. The molecule has 7 nitrogen and oxygen atoms in total. The summed E-state index contributed by atoms with van der Waals surface area (Å²) in [4.78, 5) is 44.4. The lowest BCUT2D eigenvalue weighted by Gasteiger charge is -2.42. The first-order valence-electron chi connectivity index (χ1n) is 11.0. The van der Waals surface area contributed by atoms with E-state index in [1.165, 1.54) is 6.42 Å². The minimum atomic E-state index is -1.18. The van der Waals surface area contributed by atoms with Crippen LogP contribution in [0.5, 0.6) is 0 Å².